The number of nitrogens with one attached hydrogen (secondary N) is 1. The summed E-state index contributed by atoms with van der Waals surface area (Å²) >= 11 is 0. The van der Waals surface area contributed by atoms with Crippen LogP contribution in [0.2, 0.25) is 0 Å². The highest BCUT2D eigenvalue weighted by Gasteiger charge is 2.36. The fourth-order valence-electron chi connectivity index (χ4n) is 3.28. The van der Waals surface area contributed by atoms with Gasteiger partial charge in [0.2, 0.25) is 0 Å². The van der Waals surface area contributed by atoms with Gasteiger partial charge in [0.15, 0.2) is 5.69 Å². The molecule has 0 radical (unpaired) electrons. The Balaban J connectivity index is 1.65. The van der Waals surface area contributed by atoms with Gasteiger partial charge in [-0.25, -0.2) is 4.63 Å². The van der Waals surface area contributed by atoms with Crippen molar-refractivity contribution >= 4 is 16.8 Å². The van der Waals surface area contributed by atoms with Crippen LogP contribution in [0, 0.1) is 12.8 Å². The molecule has 1 aromatic carbocycles. The van der Waals surface area contributed by atoms with E-state index in [2.05, 4.69) is 25.2 Å². The predicted molar refractivity (Wildman–Crippen MR) is 89.7 cm³/mol. The first kappa shape index (κ1) is 15.7. The minimum atomic E-state index is -0.335. The van der Waals surface area contributed by atoms with Crippen molar-refractivity contribution in [2.45, 2.75) is 31.9 Å². The molecule has 1 atom stereocenters. The van der Waals surface area contributed by atoms with E-state index in [1.54, 1.807) is 13.1 Å². The molecule has 3 aromatic rings. The summed E-state index contributed by atoms with van der Waals surface area (Å²) in [5.74, 6) is -0.180. The maximum absolute atomic E-state index is 12.5. The van der Waals surface area contributed by atoms with Crippen LogP contribution in [0.15, 0.2) is 41.2 Å². The highest BCUT2D eigenvalue weighted by Crippen LogP contribution is 2.38. The van der Waals surface area contributed by atoms with E-state index in [1.807, 2.05) is 30.3 Å². The summed E-state index contributed by atoms with van der Waals surface area (Å²) in [6, 6.07) is 9.63. The van der Waals surface area contributed by atoms with E-state index in [4.69, 9.17) is 0 Å². The Morgan fingerprint density at radius 1 is 1.32 bits per heavy atom. The number of rotatable bonds is 4. The average Bonchev–Trinajstić information content (AvgIpc) is 3.03. The Labute approximate surface area is 144 Å². The first-order chi connectivity index (χ1) is 12.1. The van der Waals surface area contributed by atoms with Crippen LogP contribution >= 0.6 is 0 Å². The smallest absolute Gasteiger partial charge is 0.275 e. The molecule has 4 rings (SSSR count). The first-order valence-corrected chi connectivity index (χ1v) is 8.24. The number of aliphatic hydroxyl groups excluding tert-OH is 1. The van der Waals surface area contributed by atoms with Crippen LogP contribution in [-0.2, 0) is 0 Å². The fourth-order valence-corrected chi connectivity index (χ4v) is 3.28. The number of carbonyl (C=O) groups is 1. The average molecular weight is 338 g/mol. The molecular weight excluding hydrogens is 320 g/mol. The Morgan fingerprint density at radius 2 is 2.12 bits per heavy atom. The number of fused-ring (bicyclic) bond motifs is 1. The highest BCUT2D eigenvalue weighted by atomic mass is 16.6. The maximum Gasteiger partial charge on any atom is 0.275 e. The summed E-state index contributed by atoms with van der Waals surface area (Å²) in [6.45, 7) is 1.67. The van der Waals surface area contributed by atoms with Crippen LogP contribution in [-0.4, -0.2) is 32.4 Å². The lowest BCUT2D eigenvalue weighted by Crippen LogP contribution is -2.41. The lowest BCUT2D eigenvalue weighted by molar-refractivity contribution is 0.0234. The minimum Gasteiger partial charge on any atom is -0.393 e. The molecule has 0 spiro atoms. The van der Waals surface area contributed by atoms with E-state index in [0.29, 0.717) is 18.5 Å². The monoisotopic (exact) mass is 338 g/mol. The molecule has 1 saturated carbocycles. The summed E-state index contributed by atoms with van der Waals surface area (Å²) in [4.78, 5) is 17.0. The zero-order valence-electron chi connectivity index (χ0n) is 13.7. The number of aryl methyl sites for hydroxylation is 1. The number of para-hydroxylation sites is 1. The van der Waals surface area contributed by atoms with Crippen molar-refractivity contribution < 1.29 is 14.5 Å². The molecule has 7 heteroatoms. The number of pyridine rings is 1. The Kier molecular flexibility index (Phi) is 3.93. The van der Waals surface area contributed by atoms with Gasteiger partial charge in [-0.05, 0) is 48.5 Å². The second kappa shape index (κ2) is 6.25. The fraction of sp³-hybridized carbons (Fsp3) is 0.333. The second-order valence-corrected chi connectivity index (χ2v) is 6.50. The molecule has 0 aliphatic heterocycles. The van der Waals surface area contributed by atoms with Gasteiger partial charge in [0.05, 0.1) is 17.7 Å². The SMILES string of the molecule is Cc1nonc1C(=O)NC(c1cnc2ccccc2c1)C1CC(O)C1. The number of benzene rings is 1. The van der Waals surface area contributed by atoms with Crippen molar-refractivity contribution in [3.05, 3.63) is 53.5 Å². The Bertz CT molecular complexity index is 917. The normalized spacial score (nSPS) is 20.9. The molecule has 1 aliphatic carbocycles. The first-order valence-electron chi connectivity index (χ1n) is 8.24. The Hall–Kier alpha value is -2.80. The zero-order chi connectivity index (χ0) is 17.4. The minimum absolute atomic E-state index is 0.155. The molecule has 1 fully saturated rings. The van der Waals surface area contributed by atoms with Gasteiger partial charge in [0, 0.05) is 11.6 Å². The molecule has 2 N–H and O–H groups in total. The third-order valence-corrected chi connectivity index (χ3v) is 4.75. The summed E-state index contributed by atoms with van der Waals surface area (Å²) in [5.41, 5.74) is 2.44. The van der Waals surface area contributed by atoms with Crippen molar-refractivity contribution in [3.63, 3.8) is 0 Å². The summed E-state index contributed by atoms with van der Waals surface area (Å²) < 4.78 is 4.62. The van der Waals surface area contributed by atoms with Crippen molar-refractivity contribution in [2.24, 2.45) is 5.92 Å². The van der Waals surface area contributed by atoms with Crippen LogP contribution in [0.25, 0.3) is 10.9 Å². The van der Waals surface area contributed by atoms with Crippen molar-refractivity contribution in [1.29, 1.82) is 0 Å². The summed E-state index contributed by atoms with van der Waals surface area (Å²) in [5, 5.41) is 21.0. The van der Waals surface area contributed by atoms with E-state index < -0.39 is 0 Å². The lowest BCUT2D eigenvalue weighted by Gasteiger charge is -2.38. The molecule has 0 saturated heterocycles. The number of hydrogen-bond acceptors (Lipinski definition) is 6. The molecule has 1 unspecified atom stereocenters. The van der Waals surface area contributed by atoms with Crippen LogP contribution in [0.5, 0.6) is 0 Å². The van der Waals surface area contributed by atoms with Crippen LogP contribution in [0.4, 0.5) is 0 Å². The summed E-state index contributed by atoms with van der Waals surface area (Å²) in [6.07, 6.45) is 2.77. The molecule has 2 aromatic heterocycles. The van der Waals surface area contributed by atoms with Gasteiger partial charge >= 0.3 is 0 Å². The topological polar surface area (TPSA) is 101 Å². The third kappa shape index (κ3) is 2.98. The maximum atomic E-state index is 12.5. The Morgan fingerprint density at radius 3 is 2.84 bits per heavy atom. The summed E-state index contributed by atoms with van der Waals surface area (Å²) in [7, 11) is 0. The van der Waals surface area contributed by atoms with Gasteiger partial charge in [0.25, 0.3) is 5.91 Å². The number of amides is 1. The zero-order valence-corrected chi connectivity index (χ0v) is 13.7. The molecule has 2 heterocycles. The van der Waals surface area contributed by atoms with E-state index in [9.17, 15) is 9.90 Å². The second-order valence-electron chi connectivity index (χ2n) is 6.50. The largest absolute Gasteiger partial charge is 0.393 e. The van der Waals surface area contributed by atoms with Gasteiger partial charge < -0.3 is 10.4 Å². The predicted octanol–water partition coefficient (Wildman–Crippen LogP) is 2.17. The molecule has 7 nitrogen and oxygen atoms in total. The van der Waals surface area contributed by atoms with E-state index in [0.717, 1.165) is 16.5 Å². The van der Waals surface area contributed by atoms with Crippen LogP contribution in [0.1, 0.15) is 40.6 Å². The molecular formula is C18H18N4O3. The molecule has 1 amide bonds. The molecule has 1 aliphatic rings. The van der Waals surface area contributed by atoms with Gasteiger partial charge in [-0.3, -0.25) is 9.78 Å². The number of aromatic nitrogens is 3. The number of aliphatic hydroxyl groups is 1. The van der Waals surface area contributed by atoms with Crippen molar-refractivity contribution in [2.75, 3.05) is 0 Å². The van der Waals surface area contributed by atoms with Crippen molar-refractivity contribution in [1.82, 2.24) is 20.6 Å². The number of nitrogens with zero attached hydrogens (tertiary/aromatic N) is 3. The third-order valence-electron chi connectivity index (χ3n) is 4.75. The van der Waals surface area contributed by atoms with Gasteiger partial charge in [-0.1, -0.05) is 23.4 Å². The molecule has 25 heavy (non-hydrogen) atoms. The van der Waals surface area contributed by atoms with Crippen molar-refractivity contribution in [3.8, 4) is 0 Å². The van der Waals surface area contributed by atoms with E-state index in [1.165, 1.54) is 0 Å². The van der Waals surface area contributed by atoms with E-state index in [-0.39, 0.29) is 29.7 Å². The van der Waals surface area contributed by atoms with E-state index >= 15 is 0 Å². The molecule has 0 bridgehead atoms. The lowest BCUT2D eigenvalue weighted by atomic mass is 9.75. The van der Waals surface area contributed by atoms with Gasteiger partial charge in [-0.2, -0.15) is 0 Å². The quantitative estimate of drug-likeness (QED) is 0.756. The van der Waals surface area contributed by atoms with Gasteiger partial charge in [0.1, 0.15) is 5.69 Å². The molecule has 128 valence electrons. The van der Waals surface area contributed by atoms with Gasteiger partial charge in [-0.15, -0.1) is 0 Å². The number of carbonyl (C=O) groups excluding carboxylic acids is 1. The van der Waals surface area contributed by atoms with Crippen LogP contribution in [0.3, 0.4) is 0 Å². The standard InChI is InChI=1S/C18H18N4O3/c1-10-16(22-25-21-10)18(24)20-17(12-7-14(23)8-12)13-6-11-4-2-3-5-15(11)19-9-13/h2-6,9,12,14,17,23H,7-8H2,1H3,(H,20,24). The van der Waals surface area contributed by atoms with Crippen LogP contribution < -0.4 is 5.32 Å². The number of hydrogen-bond donors (Lipinski definition) is 2. The highest BCUT2D eigenvalue weighted by molar-refractivity contribution is 5.93.